The minimum atomic E-state index is 0.0693. The molecule has 118 valence electrons. The molecule has 0 saturated carbocycles. The van der Waals surface area contributed by atoms with Gasteiger partial charge in [-0.05, 0) is 42.0 Å². The number of benzene rings is 1. The number of carbonyl (C=O) groups is 1. The van der Waals surface area contributed by atoms with Crippen LogP contribution in [0.4, 0.5) is 11.4 Å². The molecule has 0 unspecified atom stereocenters. The highest BCUT2D eigenvalue weighted by molar-refractivity contribution is 7.13. The largest absolute Gasteiger partial charge is 0.397 e. The van der Waals surface area contributed by atoms with E-state index in [1.807, 2.05) is 29.6 Å². The lowest BCUT2D eigenvalue weighted by atomic mass is 9.97. The van der Waals surface area contributed by atoms with Crippen LogP contribution < -0.4 is 11.1 Å². The summed E-state index contributed by atoms with van der Waals surface area (Å²) >= 11 is 1.68. The number of thiophene rings is 1. The number of rotatable bonds is 7. The van der Waals surface area contributed by atoms with Crippen LogP contribution in [0.1, 0.15) is 39.5 Å². The van der Waals surface area contributed by atoms with Crippen molar-refractivity contribution in [2.24, 2.45) is 5.92 Å². The number of hydrogen-bond donors (Lipinski definition) is 2. The van der Waals surface area contributed by atoms with Crippen LogP contribution in [0.15, 0.2) is 35.7 Å². The van der Waals surface area contributed by atoms with Gasteiger partial charge in [-0.1, -0.05) is 38.8 Å². The van der Waals surface area contributed by atoms with Crippen molar-refractivity contribution in [1.29, 1.82) is 0 Å². The Labute approximate surface area is 136 Å². The summed E-state index contributed by atoms with van der Waals surface area (Å²) < 4.78 is 0. The van der Waals surface area contributed by atoms with Crippen molar-refractivity contribution in [2.75, 3.05) is 11.1 Å². The monoisotopic (exact) mass is 316 g/mol. The van der Waals surface area contributed by atoms with E-state index in [9.17, 15) is 4.79 Å². The third-order valence-corrected chi connectivity index (χ3v) is 4.68. The Hall–Kier alpha value is -1.81. The molecule has 2 rings (SSSR count). The van der Waals surface area contributed by atoms with Crippen LogP contribution in [0, 0.1) is 5.92 Å². The Bertz CT molecular complexity index is 602. The molecule has 0 fully saturated rings. The predicted octanol–water partition coefficient (Wildman–Crippen LogP) is 5.15. The van der Waals surface area contributed by atoms with Gasteiger partial charge in [0, 0.05) is 10.8 Å². The third-order valence-electron chi connectivity index (χ3n) is 3.76. The van der Waals surface area contributed by atoms with Gasteiger partial charge < -0.3 is 11.1 Å². The van der Waals surface area contributed by atoms with E-state index in [0.717, 1.165) is 31.2 Å². The lowest BCUT2D eigenvalue weighted by Crippen LogP contribution is -2.23. The van der Waals surface area contributed by atoms with E-state index in [4.69, 9.17) is 5.73 Å². The molecule has 2 aromatic rings. The van der Waals surface area contributed by atoms with Crippen molar-refractivity contribution < 1.29 is 4.79 Å². The number of nitrogens with two attached hydrogens (primary N) is 1. The molecule has 1 heterocycles. The molecule has 0 saturated heterocycles. The fourth-order valence-corrected chi connectivity index (χ4v) is 3.32. The van der Waals surface area contributed by atoms with E-state index in [0.29, 0.717) is 11.4 Å². The molecule has 3 N–H and O–H groups in total. The summed E-state index contributed by atoms with van der Waals surface area (Å²) in [6.07, 6.45) is 3.87. The third kappa shape index (κ3) is 4.10. The van der Waals surface area contributed by atoms with Gasteiger partial charge in [-0.15, -0.1) is 11.3 Å². The Morgan fingerprint density at radius 2 is 1.95 bits per heavy atom. The van der Waals surface area contributed by atoms with Gasteiger partial charge in [0.05, 0.1) is 11.4 Å². The molecule has 0 aliphatic carbocycles. The van der Waals surface area contributed by atoms with Gasteiger partial charge in [-0.2, -0.15) is 0 Å². The van der Waals surface area contributed by atoms with Gasteiger partial charge in [0.2, 0.25) is 5.91 Å². The minimum absolute atomic E-state index is 0.0693. The average Bonchev–Trinajstić information content (AvgIpc) is 3.03. The molecular formula is C18H24N2OS. The van der Waals surface area contributed by atoms with Gasteiger partial charge in [-0.25, -0.2) is 0 Å². The first-order valence-electron chi connectivity index (χ1n) is 7.90. The zero-order valence-electron chi connectivity index (χ0n) is 13.3. The first-order chi connectivity index (χ1) is 10.7. The molecule has 0 atom stereocenters. The Kier molecular flexibility index (Phi) is 6.01. The lowest BCUT2D eigenvalue weighted by molar-refractivity contribution is -0.120. The fraction of sp³-hybridized carbons (Fsp3) is 0.389. The van der Waals surface area contributed by atoms with E-state index >= 15 is 0 Å². The molecule has 3 nitrogen and oxygen atoms in total. The second-order valence-electron chi connectivity index (χ2n) is 5.54. The summed E-state index contributed by atoms with van der Waals surface area (Å²) in [7, 11) is 0. The second kappa shape index (κ2) is 7.99. The van der Waals surface area contributed by atoms with Crippen molar-refractivity contribution >= 4 is 28.6 Å². The molecule has 1 aromatic heterocycles. The summed E-state index contributed by atoms with van der Waals surface area (Å²) in [5.74, 6) is 0.151. The SMILES string of the molecule is CCCC(CCC)C(=O)Nc1cc(-c2cccs2)ccc1N. The zero-order valence-corrected chi connectivity index (χ0v) is 14.1. The van der Waals surface area contributed by atoms with Crippen LogP contribution in [0.5, 0.6) is 0 Å². The lowest BCUT2D eigenvalue weighted by Gasteiger charge is -2.16. The molecule has 0 bridgehead atoms. The topological polar surface area (TPSA) is 55.1 Å². The number of anilines is 2. The molecule has 1 aromatic carbocycles. The van der Waals surface area contributed by atoms with E-state index in [1.54, 1.807) is 11.3 Å². The number of nitrogen functional groups attached to an aromatic ring is 1. The summed E-state index contributed by atoms with van der Waals surface area (Å²) in [5.41, 5.74) is 8.44. The van der Waals surface area contributed by atoms with Crippen LogP contribution in [0.2, 0.25) is 0 Å². The molecule has 0 aliphatic heterocycles. The van der Waals surface area contributed by atoms with Gasteiger partial charge in [0.15, 0.2) is 0 Å². The van der Waals surface area contributed by atoms with Crippen LogP contribution in [-0.4, -0.2) is 5.91 Å². The minimum Gasteiger partial charge on any atom is -0.397 e. The molecule has 0 spiro atoms. The molecule has 0 radical (unpaired) electrons. The quantitative estimate of drug-likeness (QED) is 0.694. The predicted molar refractivity (Wildman–Crippen MR) is 96.1 cm³/mol. The van der Waals surface area contributed by atoms with Crippen molar-refractivity contribution in [1.82, 2.24) is 0 Å². The highest BCUT2D eigenvalue weighted by atomic mass is 32.1. The normalized spacial score (nSPS) is 10.9. The van der Waals surface area contributed by atoms with E-state index in [1.165, 1.54) is 4.88 Å². The Morgan fingerprint density at radius 1 is 1.23 bits per heavy atom. The van der Waals surface area contributed by atoms with Crippen LogP contribution >= 0.6 is 11.3 Å². The number of carbonyl (C=O) groups excluding carboxylic acids is 1. The van der Waals surface area contributed by atoms with E-state index in [-0.39, 0.29) is 11.8 Å². The summed E-state index contributed by atoms with van der Waals surface area (Å²) in [5, 5.41) is 5.07. The highest BCUT2D eigenvalue weighted by Gasteiger charge is 2.17. The maximum absolute atomic E-state index is 12.5. The standard InChI is InChI=1S/C18H24N2OS/c1-3-6-13(7-4-2)18(21)20-16-12-14(9-10-15(16)19)17-8-5-11-22-17/h5,8-13H,3-4,6-7,19H2,1-2H3,(H,20,21). The smallest absolute Gasteiger partial charge is 0.227 e. The van der Waals surface area contributed by atoms with Crippen LogP contribution in [0.25, 0.3) is 10.4 Å². The van der Waals surface area contributed by atoms with Gasteiger partial charge in [0.25, 0.3) is 0 Å². The second-order valence-corrected chi connectivity index (χ2v) is 6.49. The molecule has 0 aliphatic rings. The zero-order chi connectivity index (χ0) is 15.9. The van der Waals surface area contributed by atoms with Crippen molar-refractivity contribution in [3.05, 3.63) is 35.7 Å². The van der Waals surface area contributed by atoms with E-state index < -0.39 is 0 Å². The first kappa shape index (κ1) is 16.6. The average molecular weight is 316 g/mol. The molecule has 1 amide bonds. The summed E-state index contributed by atoms with van der Waals surface area (Å²) in [4.78, 5) is 13.7. The Morgan fingerprint density at radius 3 is 2.55 bits per heavy atom. The number of hydrogen-bond acceptors (Lipinski definition) is 3. The maximum Gasteiger partial charge on any atom is 0.227 e. The van der Waals surface area contributed by atoms with Crippen molar-refractivity contribution in [3.8, 4) is 10.4 Å². The number of amides is 1. The van der Waals surface area contributed by atoms with Gasteiger partial charge in [-0.3, -0.25) is 4.79 Å². The molecule has 22 heavy (non-hydrogen) atoms. The molecular weight excluding hydrogens is 292 g/mol. The Balaban J connectivity index is 2.17. The van der Waals surface area contributed by atoms with Crippen molar-refractivity contribution in [2.45, 2.75) is 39.5 Å². The van der Waals surface area contributed by atoms with Gasteiger partial charge in [0.1, 0.15) is 0 Å². The summed E-state index contributed by atoms with van der Waals surface area (Å²) in [6.45, 7) is 4.23. The van der Waals surface area contributed by atoms with Crippen LogP contribution in [0.3, 0.4) is 0 Å². The highest BCUT2D eigenvalue weighted by Crippen LogP contribution is 2.30. The van der Waals surface area contributed by atoms with Gasteiger partial charge >= 0.3 is 0 Å². The van der Waals surface area contributed by atoms with Crippen LogP contribution in [-0.2, 0) is 4.79 Å². The molecule has 4 heteroatoms. The summed E-state index contributed by atoms with van der Waals surface area (Å²) in [6, 6.07) is 9.91. The number of nitrogens with one attached hydrogen (secondary N) is 1. The van der Waals surface area contributed by atoms with Crippen molar-refractivity contribution in [3.63, 3.8) is 0 Å². The maximum atomic E-state index is 12.5. The fourth-order valence-electron chi connectivity index (χ4n) is 2.60. The first-order valence-corrected chi connectivity index (χ1v) is 8.78. The van der Waals surface area contributed by atoms with E-state index in [2.05, 4.69) is 25.2 Å².